The highest BCUT2D eigenvalue weighted by Gasteiger charge is 2.29. The monoisotopic (exact) mass is 424 g/mol. The average molecular weight is 425 g/mol. The molecule has 0 bridgehead atoms. The van der Waals surface area contributed by atoms with Crippen molar-refractivity contribution in [1.82, 2.24) is 15.3 Å². The fraction of sp³-hybridized carbons (Fsp3) is 0.273. The van der Waals surface area contributed by atoms with E-state index in [1.807, 2.05) is 37.3 Å². The highest BCUT2D eigenvalue weighted by atomic mass is 32.2. The Labute approximate surface area is 176 Å². The number of carbonyl (C=O) groups is 1. The highest BCUT2D eigenvalue weighted by molar-refractivity contribution is 7.93. The van der Waals surface area contributed by atoms with E-state index >= 15 is 0 Å². The zero-order chi connectivity index (χ0) is 21.1. The number of hydrogen-bond donors (Lipinski definition) is 2. The summed E-state index contributed by atoms with van der Waals surface area (Å²) in [5, 5.41) is 3.00. The number of anilines is 1. The number of rotatable bonds is 6. The van der Waals surface area contributed by atoms with Gasteiger partial charge >= 0.3 is 0 Å². The van der Waals surface area contributed by atoms with Gasteiger partial charge in [0.25, 0.3) is 5.91 Å². The van der Waals surface area contributed by atoms with Crippen LogP contribution in [-0.4, -0.2) is 36.6 Å². The second-order valence-electron chi connectivity index (χ2n) is 7.27. The van der Waals surface area contributed by atoms with Crippen molar-refractivity contribution in [3.05, 3.63) is 72.2 Å². The average Bonchev–Trinajstić information content (AvgIpc) is 3.39. The molecule has 1 aromatic heterocycles. The van der Waals surface area contributed by atoms with E-state index in [1.54, 1.807) is 30.5 Å². The first-order chi connectivity index (χ1) is 14.5. The van der Waals surface area contributed by atoms with Gasteiger partial charge in [0, 0.05) is 12.1 Å². The maximum Gasteiger partial charge on any atom is 0.251 e. The second kappa shape index (κ2) is 8.31. The van der Waals surface area contributed by atoms with Crippen molar-refractivity contribution in [2.24, 2.45) is 0 Å². The number of H-pyrrole nitrogens is 1. The van der Waals surface area contributed by atoms with Crippen LogP contribution in [0.5, 0.6) is 0 Å². The molecule has 1 unspecified atom stereocenters. The van der Waals surface area contributed by atoms with Gasteiger partial charge < -0.3 is 10.3 Å². The summed E-state index contributed by atoms with van der Waals surface area (Å²) in [7, 11) is -3.29. The number of aromatic nitrogens is 2. The van der Waals surface area contributed by atoms with Crippen molar-refractivity contribution in [3.8, 4) is 11.3 Å². The normalized spacial score (nSPS) is 16.4. The van der Waals surface area contributed by atoms with Crippen molar-refractivity contribution < 1.29 is 13.2 Å². The molecule has 7 nitrogen and oxygen atoms in total. The van der Waals surface area contributed by atoms with Crippen LogP contribution in [0, 0.1) is 0 Å². The summed E-state index contributed by atoms with van der Waals surface area (Å²) < 4.78 is 25.7. The zero-order valence-corrected chi connectivity index (χ0v) is 17.5. The van der Waals surface area contributed by atoms with E-state index in [-0.39, 0.29) is 17.7 Å². The highest BCUT2D eigenvalue weighted by Crippen LogP contribution is 2.25. The molecule has 0 saturated carbocycles. The zero-order valence-electron chi connectivity index (χ0n) is 16.7. The summed E-state index contributed by atoms with van der Waals surface area (Å²) in [4.78, 5) is 20.6. The second-order valence-corrected chi connectivity index (χ2v) is 9.29. The Bertz CT molecular complexity index is 1140. The SMILES string of the molecule is CCC(NC(=O)c1cccc(N2CCCS2(=O)=O)c1)c1ncc(-c2ccccc2)[nH]1. The molecule has 1 saturated heterocycles. The fourth-order valence-corrected chi connectivity index (χ4v) is 5.17. The molecule has 1 amide bonds. The van der Waals surface area contributed by atoms with Crippen molar-refractivity contribution >= 4 is 21.6 Å². The Morgan fingerprint density at radius 2 is 2.00 bits per heavy atom. The number of aromatic amines is 1. The van der Waals surface area contributed by atoms with E-state index in [1.165, 1.54) is 4.31 Å². The van der Waals surface area contributed by atoms with Crippen LogP contribution in [0.15, 0.2) is 60.8 Å². The van der Waals surface area contributed by atoms with Crippen molar-refractivity contribution in [2.75, 3.05) is 16.6 Å². The molecule has 30 heavy (non-hydrogen) atoms. The molecule has 1 fully saturated rings. The van der Waals surface area contributed by atoms with Gasteiger partial charge in [-0.2, -0.15) is 0 Å². The lowest BCUT2D eigenvalue weighted by Crippen LogP contribution is -2.29. The summed E-state index contributed by atoms with van der Waals surface area (Å²) in [6.07, 6.45) is 3.02. The van der Waals surface area contributed by atoms with E-state index in [0.717, 1.165) is 11.3 Å². The van der Waals surface area contributed by atoms with Crippen molar-refractivity contribution in [2.45, 2.75) is 25.8 Å². The summed E-state index contributed by atoms with van der Waals surface area (Å²) in [5.41, 5.74) is 2.86. The lowest BCUT2D eigenvalue weighted by molar-refractivity contribution is 0.0934. The molecular weight excluding hydrogens is 400 g/mol. The topological polar surface area (TPSA) is 95.2 Å². The van der Waals surface area contributed by atoms with Crippen molar-refractivity contribution in [1.29, 1.82) is 0 Å². The van der Waals surface area contributed by atoms with Crippen LogP contribution in [0.25, 0.3) is 11.3 Å². The van der Waals surface area contributed by atoms with Gasteiger partial charge in [0.1, 0.15) is 5.82 Å². The van der Waals surface area contributed by atoms with Gasteiger partial charge in [0.05, 0.1) is 29.4 Å². The quantitative estimate of drug-likeness (QED) is 0.633. The minimum atomic E-state index is -3.29. The standard InChI is InChI=1S/C22H24N4O3S/c1-2-19(21-23-15-20(24-21)16-8-4-3-5-9-16)25-22(27)17-10-6-11-18(14-17)26-12-7-13-30(26,28)29/h3-6,8-11,14-15,19H,2,7,12-13H2,1H3,(H,23,24)(H,25,27). The Morgan fingerprint density at radius 1 is 1.20 bits per heavy atom. The predicted molar refractivity (Wildman–Crippen MR) is 117 cm³/mol. The Balaban J connectivity index is 1.52. The Hall–Kier alpha value is -3.13. The molecule has 1 aliphatic rings. The molecule has 1 atom stereocenters. The molecule has 2 heterocycles. The van der Waals surface area contributed by atoms with Crippen LogP contribution in [-0.2, 0) is 10.0 Å². The minimum Gasteiger partial charge on any atom is -0.342 e. The van der Waals surface area contributed by atoms with Crippen LogP contribution in [0.2, 0.25) is 0 Å². The lowest BCUT2D eigenvalue weighted by atomic mass is 10.1. The maximum absolute atomic E-state index is 12.9. The van der Waals surface area contributed by atoms with Crippen LogP contribution in [0.3, 0.4) is 0 Å². The number of nitrogens with one attached hydrogen (secondary N) is 2. The fourth-order valence-electron chi connectivity index (χ4n) is 3.62. The first kappa shape index (κ1) is 20.2. The number of amides is 1. The lowest BCUT2D eigenvalue weighted by Gasteiger charge is -2.18. The number of benzene rings is 2. The maximum atomic E-state index is 12.9. The van der Waals surface area contributed by atoms with E-state index in [2.05, 4.69) is 15.3 Å². The molecule has 8 heteroatoms. The predicted octanol–water partition coefficient (Wildman–Crippen LogP) is 3.50. The molecule has 1 aliphatic heterocycles. The summed E-state index contributed by atoms with van der Waals surface area (Å²) in [6, 6.07) is 16.3. The number of imidazole rings is 1. The molecule has 0 radical (unpaired) electrons. The third-order valence-corrected chi connectivity index (χ3v) is 7.09. The molecule has 0 aliphatic carbocycles. The van der Waals surface area contributed by atoms with Crippen LogP contribution in [0.4, 0.5) is 5.69 Å². The van der Waals surface area contributed by atoms with Gasteiger partial charge in [-0.25, -0.2) is 13.4 Å². The van der Waals surface area contributed by atoms with E-state index in [4.69, 9.17) is 0 Å². The van der Waals surface area contributed by atoms with E-state index in [0.29, 0.717) is 36.5 Å². The first-order valence-electron chi connectivity index (χ1n) is 9.99. The molecule has 156 valence electrons. The van der Waals surface area contributed by atoms with E-state index < -0.39 is 10.0 Å². The van der Waals surface area contributed by atoms with Crippen molar-refractivity contribution in [3.63, 3.8) is 0 Å². The van der Waals surface area contributed by atoms with Gasteiger partial charge in [-0.3, -0.25) is 9.10 Å². The number of carbonyl (C=O) groups excluding carboxylic acids is 1. The van der Waals surface area contributed by atoms with Gasteiger partial charge in [0.2, 0.25) is 10.0 Å². The smallest absolute Gasteiger partial charge is 0.251 e. The number of nitrogens with zero attached hydrogens (tertiary/aromatic N) is 2. The molecule has 2 aromatic carbocycles. The molecule has 3 aromatic rings. The Morgan fingerprint density at radius 3 is 2.70 bits per heavy atom. The van der Waals surface area contributed by atoms with E-state index in [9.17, 15) is 13.2 Å². The largest absolute Gasteiger partial charge is 0.342 e. The van der Waals surface area contributed by atoms with Gasteiger partial charge in [-0.1, -0.05) is 43.3 Å². The minimum absolute atomic E-state index is 0.142. The van der Waals surface area contributed by atoms with Crippen LogP contribution >= 0.6 is 0 Å². The van der Waals surface area contributed by atoms with Crippen LogP contribution < -0.4 is 9.62 Å². The Kier molecular flexibility index (Phi) is 5.59. The third-order valence-electron chi connectivity index (χ3n) is 5.22. The summed E-state index contributed by atoms with van der Waals surface area (Å²) in [5.74, 6) is 0.560. The molecule has 2 N–H and O–H groups in total. The molecule has 0 spiro atoms. The van der Waals surface area contributed by atoms with Crippen LogP contribution in [0.1, 0.15) is 42.0 Å². The molecular formula is C22H24N4O3S. The summed E-state index contributed by atoms with van der Waals surface area (Å²) in [6.45, 7) is 2.42. The van der Waals surface area contributed by atoms with Gasteiger partial charge in [-0.05, 0) is 36.6 Å². The van der Waals surface area contributed by atoms with Gasteiger partial charge in [-0.15, -0.1) is 0 Å². The van der Waals surface area contributed by atoms with Gasteiger partial charge in [0.15, 0.2) is 0 Å². The first-order valence-corrected chi connectivity index (χ1v) is 11.6. The number of hydrogen-bond acceptors (Lipinski definition) is 4. The third kappa shape index (κ3) is 4.09. The molecule has 4 rings (SSSR count). The summed E-state index contributed by atoms with van der Waals surface area (Å²) >= 11 is 0. The number of sulfonamides is 1.